The van der Waals surface area contributed by atoms with E-state index in [1.807, 2.05) is 0 Å². The average Bonchev–Trinajstić information content (AvgIpc) is 2.54. The van der Waals surface area contributed by atoms with Crippen molar-refractivity contribution in [2.45, 2.75) is 39.2 Å². The molecule has 2 rings (SSSR count). The number of benzene rings is 1. The summed E-state index contributed by atoms with van der Waals surface area (Å²) < 4.78 is 5.87. The molecule has 1 N–H and O–H groups in total. The van der Waals surface area contributed by atoms with Crippen LogP contribution in [0.3, 0.4) is 0 Å². The molecule has 1 aliphatic rings. The van der Waals surface area contributed by atoms with E-state index in [2.05, 4.69) is 48.3 Å². The highest BCUT2D eigenvalue weighted by atomic mass is 16.5. The van der Waals surface area contributed by atoms with Crippen LogP contribution in [-0.2, 0) is 11.2 Å². The van der Waals surface area contributed by atoms with Gasteiger partial charge in [0.15, 0.2) is 0 Å². The number of nitrogens with one attached hydrogen (secondary N) is 1. The molecule has 0 radical (unpaired) electrons. The minimum Gasteiger partial charge on any atom is -0.492 e. The van der Waals surface area contributed by atoms with Crippen LogP contribution in [0.25, 0.3) is 0 Å². The van der Waals surface area contributed by atoms with Crippen molar-refractivity contribution in [1.29, 1.82) is 0 Å². The van der Waals surface area contributed by atoms with Gasteiger partial charge in [-0.2, -0.15) is 0 Å². The Morgan fingerprint density at radius 2 is 1.90 bits per heavy atom. The number of carbonyl (C=O) groups is 1. The van der Waals surface area contributed by atoms with Crippen molar-refractivity contribution >= 4 is 6.41 Å². The van der Waals surface area contributed by atoms with Crippen molar-refractivity contribution in [3.8, 4) is 5.75 Å². The fraction of sp³-hybridized carbons (Fsp3) is 0.588. The molecule has 21 heavy (non-hydrogen) atoms. The Kier molecular flexibility index (Phi) is 8.51. The molecule has 0 fully saturated rings. The lowest BCUT2D eigenvalue weighted by atomic mass is 10.0. The van der Waals surface area contributed by atoms with Crippen LogP contribution in [0.2, 0.25) is 0 Å². The third-order valence-corrected chi connectivity index (χ3v) is 3.52. The minimum atomic E-state index is 0.560. The van der Waals surface area contributed by atoms with Crippen LogP contribution >= 0.6 is 0 Å². The first kappa shape index (κ1) is 17.5. The molecule has 1 aliphatic heterocycles. The quantitative estimate of drug-likeness (QED) is 0.819. The molecule has 0 saturated carbocycles. The van der Waals surface area contributed by atoms with Crippen molar-refractivity contribution in [2.75, 3.05) is 26.7 Å². The van der Waals surface area contributed by atoms with Crippen LogP contribution in [0, 0.1) is 0 Å². The fourth-order valence-electron chi connectivity index (χ4n) is 2.60. The summed E-state index contributed by atoms with van der Waals surface area (Å²) in [4.78, 5) is 11.6. The standard InChI is InChI=1S/C15H23NO.C2H5NO/c1-3-9-16(10-4-2)14-11-13-7-5-6-8-15(13)17-12-14;1-3-2-4/h5-8,14H,3-4,9-12H2,1-2H3;2H,1H3,(H,3,4). The van der Waals surface area contributed by atoms with Crippen molar-refractivity contribution in [3.63, 3.8) is 0 Å². The number of amides is 1. The molecule has 0 aliphatic carbocycles. The lowest BCUT2D eigenvalue weighted by Gasteiger charge is -2.34. The second-order valence-electron chi connectivity index (χ2n) is 5.22. The molecule has 1 aromatic rings. The molecule has 1 unspecified atom stereocenters. The predicted molar refractivity (Wildman–Crippen MR) is 86.7 cm³/mol. The third-order valence-electron chi connectivity index (χ3n) is 3.52. The second-order valence-corrected chi connectivity index (χ2v) is 5.22. The second kappa shape index (κ2) is 10.2. The van der Waals surface area contributed by atoms with Crippen LogP contribution < -0.4 is 10.1 Å². The molecule has 1 atom stereocenters. The molecule has 0 bridgehead atoms. The topological polar surface area (TPSA) is 41.6 Å². The summed E-state index contributed by atoms with van der Waals surface area (Å²) in [5.74, 6) is 1.08. The van der Waals surface area contributed by atoms with Gasteiger partial charge in [-0.05, 0) is 44.0 Å². The van der Waals surface area contributed by atoms with E-state index in [1.54, 1.807) is 7.05 Å². The lowest BCUT2D eigenvalue weighted by Crippen LogP contribution is -2.43. The van der Waals surface area contributed by atoms with Gasteiger partial charge in [-0.1, -0.05) is 32.0 Å². The summed E-state index contributed by atoms with van der Waals surface area (Å²) in [7, 11) is 1.56. The van der Waals surface area contributed by atoms with Crippen LogP contribution in [0.5, 0.6) is 5.75 Å². The predicted octanol–water partition coefficient (Wildman–Crippen LogP) is 2.47. The Bertz CT molecular complexity index is 404. The highest BCUT2D eigenvalue weighted by molar-refractivity contribution is 5.44. The first-order valence-electron chi connectivity index (χ1n) is 7.82. The fourth-order valence-corrected chi connectivity index (χ4v) is 2.60. The number of fused-ring (bicyclic) bond motifs is 1. The number of rotatable bonds is 6. The summed E-state index contributed by atoms with van der Waals surface area (Å²) in [5, 5.41) is 2.25. The smallest absolute Gasteiger partial charge is 0.206 e. The largest absolute Gasteiger partial charge is 0.492 e. The molecular weight excluding hydrogens is 264 g/mol. The van der Waals surface area contributed by atoms with E-state index < -0.39 is 0 Å². The van der Waals surface area contributed by atoms with Gasteiger partial charge in [-0.25, -0.2) is 0 Å². The monoisotopic (exact) mass is 292 g/mol. The van der Waals surface area contributed by atoms with Crippen molar-refractivity contribution in [1.82, 2.24) is 10.2 Å². The Morgan fingerprint density at radius 3 is 2.48 bits per heavy atom. The van der Waals surface area contributed by atoms with Gasteiger partial charge in [0.2, 0.25) is 6.41 Å². The first-order chi connectivity index (χ1) is 10.3. The van der Waals surface area contributed by atoms with Gasteiger partial charge in [-0.3, -0.25) is 9.69 Å². The molecule has 4 nitrogen and oxygen atoms in total. The maximum Gasteiger partial charge on any atom is 0.206 e. The zero-order chi connectivity index (χ0) is 15.5. The van der Waals surface area contributed by atoms with Crippen molar-refractivity contribution in [2.24, 2.45) is 0 Å². The average molecular weight is 292 g/mol. The number of para-hydroxylation sites is 1. The van der Waals surface area contributed by atoms with E-state index in [4.69, 9.17) is 9.53 Å². The summed E-state index contributed by atoms with van der Waals surface area (Å²) >= 11 is 0. The summed E-state index contributed by atoms with van der Waals surface area (Å²) in [6.45, 7) is 7.71. The molecular formula is C17H28N2O2. The Balaban J connectivity index is 0.000000491. The van der Waals surface area contributed by atoms with E-state index >= 15 is 0 Å². The van der Waals surface area contributed by atoms with E-state index in [0.29, 0.717) is 12.5 Å². The molecule has 1 heterocycles. The Morgan fingerprint density at radius 1 is 1.29 bits per heavy atom. The van der Waals surface area contributed by atoms with Gasteiger partial charge in [0.05, 0.1) is 0 Å². The molecule has 0 spiro atoms. The van der Waals surface area contributed by atoms with Gasteiger partial charge < -0.3 is 10.1 Å². The lowest BCUT2D eigenvalue weighted by molar-refractivity contribution is -0.109. The zero-order valence-corrected chi connectivity index (χ0v) is 13.5. The van der Waals surface area contributed by atoms with Gasteiger partial charge in [0.1, 0.15) is 12.4 Å². The highest BCUT2D eigenvalue weighted by Crippen LogP contribution is 2.26. The molecule has 0 aromatic heterocycles. The minimum absolute atomic E-state index is 0.560. The van der Waals surface area contributed by atoms with Gasteiger partial charge in [0.25, 0.3) is 0 Å². The van der Waals surface area contributed by atoms with Crippen molar-refractivity contribution < 1.29 is 9.53 Å². The van der Waals surface area contributed by atoms with E-state index in [1.165, 1.54) is 31.5 Å². The Labute approximate surface area is 128 Å². The van der Waals surface area contributed by atoms with Crippen LogP contribution in [0.1, 0.15) is 32.3 Å². The number of carbonyl (C=O) groups excluding carboxylic acids is 1. The summed E-state index contributed by atoms with van der Waals surface area (Å²) in [6, 6.07) is 8.99. The van der Waals surface area contributed by atoms with E-state index in [9.17, 15) is 0 Å². The van der Waals surface area contributed by atoms with Crippen LogP contribution in [-0.4, -0.2) is 44.1 Å². The SMILES string of the molecule is CCCN(CCC)C1COc2ccccc2C1.CNC=O. The highest BCUT2D eigenvalue weighted by Gasteiger charge is 2.24. The number of hydrogen-bond acceptors (Lipinski definition) is 3. The molecule has 1 amide bonds. The summed E-state index contributed by atoms with van der Waals surface area (Å²) in [5.41, 5.74) is 1.36. The summed E-state index contributed by atoms with van der Waals surface area (Å²) in [6.07, 6.45) is 4.20. The van der Waals surface area contributed by atoms with Crippen molar-refractivity contribution in [3.05, 3.63) is 29.8 Å². The van der Waals surface area contributed by atoms with Gasteiger partial charge in [-0.15, -0.1) is 0 Å². The first-order valence-corrected chi connectivity index (χ1v) is 7.82. The Hall–Kier alpha value is -1.55. The maximum atomic E-state index is 9.06. The normalized spacial score (nSPS) is 16.3. The number of nitrogens with zero attached hydrogens (tertiary/aromatic N) is 1. The number of ether oxygens (including phenoxy) is 1. The molecule has 4 heteroatoms. The molecule has 118 valence electrons. The van der Waals surface area contributed by atoms with E-state index in [0.717, 1.165) is 18.8 Å². The van der Waals surface area contributed by atoms with Crippen LogP contribution in [0.15, 0.2) is 24.3 Å². The van der Waals surface area contributed by atoms with Gasteiger partial charge in [0, 0.05) is 13.1 Å². The zero-order valence-electron chi connectivity index (χ0n) is 13.5. The van der Waals surface area contributed by atoms with E-state index in [-0.39, 0.29) is 0 Å². The third kappa shape index (κ3) is 5.76. The number of hydrogen-bond donors (Lipinski definition) is 1. The maximum absolute atomic E-state index is 9.06. The van der Waals surface area contributed by atoms with Crippen LogP contribution in [0.4, 0.5) is 0 Å². The van der Waals surface area contributed by atoms with Gasteiger partial charge >= 0.3 is 0 Å². The molecule has 1 aromatic carbocycles. The molecule has 0 saturated heterocycles.